The van der Waals surface area contributed by atoms with Crippen LogP contribution >= 0.6 is 11.3 Å². The van der Waals surface area contributed by atoms with Gasteiger partial charge in [-0.1, -0.05) is 24.0 Å². The van der Waals surface area contributed by atoms with E-state index in [1.165, 1.54) is 26.4 Å². The van der Waals surface area contributed by atoms with Crippen LogP contribution in [-0.2, 0) is 10.0 Å². The maximum Gasteiger partial charge on any atom is 0.262 e. The Hall–Kier alpha value is -2.95. The van der Waals surface area contributed by atoms with Crippen molar-refractivity contribution in [3.63, 3.8) is 0 Å². The average molecular weight is 399 g/mol. The molecule has 2 aromatic carbocycles. The van der Waals surface area contributed by atoms with Gasteiger partial charge in [0.2, 0.25) is 0 Å². The lowest BCUT2D eigenvalue weighted by molar-refractivity contribution is 0.354. The Labute approximate surface area is 162 Å². The molecular formula is C20H17NO4S2. The second-order valence-corrected chi connectivity index (χ2v) is 8.06. The number of hydrogen-bond donors (Lipinski definition) is 1. The SMILES string of the molecule is COc1ccc(S(=O)(=O)Nc2cccc(C#Cc3cccs3)c2)cc1OC. The number of anilines is 1. The molecular weight excluding hydrogens is 382 g/mol. The van der Waals surface area contributed by atoms with E-state index in [-0.39, 0.29) is 4.90 Å². The second kappa shape index (κ2) is 8.16. The smallest absolute Gasteiger partial charge is 0.262 e. The third-order valence-corrected chi connectivity index (χ3v) is 5.80. The van der Waals surface area contributed by atoms with Crippen LogP contribution in [0.2, 0.25) is 0 Å². The minimum atomic E-state index is -3.78. The third kappa shape index (κ3) is 4.61. The quantitative estimate of drug-likeness (QED) is 0.660. The van der Waals surface area contributed by atoms with E-state index in [1.54, 1.807) is 35.6 Å². The van der Waals surface area contributed by atoms with Gasteiger partial charge in [-0.3, -0.25) is 4.72 Å². The molecule has 0 unspecified atom stereocenters. The van der Waals surface area contributed by atoms with Crippen LogP contribution in [0.3, 0.4) is 0 Å². The molecule has 0 radical (unpaired) electrons. The van der Waals surface area contributed by atoms with E-state index in [0.717, 1.165) is 10.4 Å². The number of methoxy groups -OCH3 is 2. The van der Waals surface area contributed by atoms with E-state index < -0.39 is 10.0 Å². The third-order valence-electron chi connectivity index (χ3n) is 3.63. The number of benzene rings is 2. The fourth-order valence-electron chi connectivity index (χ4n) is 2.34. The van der Waals surface area contributed by atoms with Crippen molar-refractivity contribution in [1.29, 1.82) is 0 Å². The molecule has 0 aliphatic heterocycles. The predicted molar refractivity (Wildman–Crippen MR) is 107 cm³/mol. The highest BCUT2D eigenvalue weighted by Crippen LogP contribution is 2.30. The normalized spacial score (nSPS) is 10.6. The van der Waals surface area contributed by atoms with Gasteiger partial charge in [0.15, 0.2) is 11.5 Å². The minimum absolute atomic E-state index is 0.0789. The summed E-state index contributed by atoms with van der Waals surface area (Å²) in [6.07, 6.45) is 0. The standard InChI is InChI=1S/C20H17NO4S2/c1-24-19-11-10-18(14-20(19)25-2)27(22,23)21-16-6-3-5-15(13-16)8-9-17-7-4-12-26-17/h3-7,10-14,21H,1-2H3. The summed E-state index contributed by atoms with van der Waals surface area (Å²) in [6, 6.07) is 15.2. The number of thiophene rings is 1. The topological polar surface area (TPSA) is 64.6 Å². The highest BCUT2D eigenvalue weighted by atomic mass is 32.2. The highest BCUT2D eigenvalue weighted by Gasteiger charge is 2.17. The maximum absolute atomic E-state index is 12.7. The molecule has 0 spiro atoms. The van der Waals surface area contributed by atoms with Gasteiger partial charge in [0.25, 0.3) is 10.0 Å². The summed E-state index contributed by atoms with van der Waals surface area (Å²) in [5, 5.41) is 1.96. The Morgan fingerprint density at radius 1 is 0.926 bits per heavy atom. The van der Waals surface area contributed by atoms with Crippen LogP contribution in [0.15, 0.2) is 64.9 Å². The maximum atomic E-state index is 12.7. The number of nitrogens with one attached hydrogen (secondary N) is 1. The number of rotatable bonds is 5. The van der Waals surface area contributed by atoms with Crippen molar-refractivity contribution in [3.05, 3.63) is 70.4 Å². The van der Waals surface area contributed by atoms with Gasteiger partial charge in [-0.2, -0.15) is 0 Å². The Morgan fingerprint density at radius 3 is 2.44 bits per heavy atom. The van der Waals surface area contributed by atoms with Crippen LogP contribution in [0, 0.1) is 11.8 Å². The number of ether oxygens (including phenoxy) is 2. The zero-order valence-electron chi connectivity index (χ0n) is 14.7. The van der Waals surface area contributed by atoms with Crippen molar-refractivity contribution in [1.82, 2.24) is 0 Å². The molecule has 3 aromatic rings. The van der Waals surface area contributed by atoms with Crippen molar-refractivity contribution in [2.45, 2.75) is 4.90 Å². The van der Waals surface area contributed by atoms with Gasteiger partial charge in [-0.05, 0) is 41.8 Å². The summed E-state index contributed by atoms with van der Waals surface area (Å²) in [7, 11) is -0.829. The molecule has 1 aromatic heterocycles. The van der Waals surface area contributed by atoms with E-state index in [4.69, 9.17) is 9.47 Å². The molecule has 3 rings (SSSR count). The van der Waals surface area contributed by atoms with Crippen LogP contribution in [0.4, 0.5) is 5.69 Å². The summed E-state index contributed by atoms with van der Waals surface area (Å²) < 4.78 is 38.2. The monoisotopic (exact) mass is 399 g/mol. The van der Waals surface area contributed by atoms with Crippen molar-refractivity contribution in [3.8, 4) is 23.3 Å². The van der Waals surface area contributed by atoms with Gasteiger partial charge in [0, 0.05) is 11.6 Å². The summed E-state index contributed by atoms with van der Waals surface area (Å²) >= 11 is 1.55. The molecule has 0 bridgehead atoms. The fourth-order valence-corrected chi connectivity index (χ4v) is 3.98. The summed E-state index contributed by atoms with van der Waals surface area (Å²) in [4.78, 5) is 1.03. The van der Waals surface area contributed by atoms with E-state index >= 15 is 0 Å². The predicted octanol–water partition coefficient (Wildman–Crippen LogP) is 3.97. The Bertz CT molecular complexity index is 1090. The van der Waals surface area contributed by atoms with Crippen LogP contribution in [-0.4, -0.2) is 22.6 Å². The van der Waals surface area contributed by atoms with E-state index in [2.05, 4.69) is 16.6 Å². The van der Waals surface area contributed by atoms with Crippen LogP contribution in [0.1, 0.15) is 10.4 Å². The van der Waals surface area contributed by atoms with Crippen molar-refractivity contribution in [2.75, 3.05) is 18.9 Å². The summed E-state index contributed by atoms with van der Waals surface area (Å²) in [6.45, 7) is 0. The van der Waals surface area contributed by atoms with Crippen LogP contribution in [0.25, 0.3) is 0 Å². The van der Waals surface area contributed by atoms with Gasteiger partial charge < -0.3 is 9.47 Å². The molecule has 5 nitrogen and oxygen atoms in total. The van der Waals surface area contributed by atoms with E-state index in [1.807, 2.05) is 23.6 Å². The molecule has 7 heteroatoms. The molecule has 27 heavy (non-hydrogen) atoms. The molecule has 0 fully saturated rings. The van der Waals surface area contributed by atoms with Gasteiger partial charge in [-0.15, -0.1) is 11.3 Å². The first-order valence-electron chi connectivity index (χ1n) is 7.92. The fraction of sp³-hybridized carbons (Fsp3) is 0.100. The lowest BCUT2D eigenvalue weighted by Crippen LogP contribution is -2.13. The minimum Gasteiger partial charge on any atom is -0.493 e. The van der Waals surface area contributed by atoms with Gasteiger partial charge in [0.05, 0.1) is 29.7 Å². The van der Waals surface area contributed by atoms with E-state index in [0.29, 0.717) is 17.2 Å². The lowest BCUT2D eigenvalue weighted by atomic mass is 10.2. The summed E-state index contributed by atoms with van der Waals surface area (Å²) in [5.74, 6) is 6.89. The molecule has 0 saturated heterocycles. The number of hydrogen-bond acceptors (Lipinski definition) is 5. The Morgan fingerprint density at radius 2 is 1.74 bits per heavy atom. The van der Waals surface area contributed by atoms with Crippen molar-refractivity contribution < 1.29 is 17.9 Å². The molecule has 0 aliphatic carbocycles. The van der Waals surface area contributed by atoms with Gasteiger partial charge in [-0.25, -0.2) is 8.42 Å². The molecule has 0 atom stereocenters. The van der Waals surface area contributed by atoms with Crippen LogP contribution < -0.4 is 14.2 Å². The first-order chi connectivity index (χ1) is 13.0. The average Bonchev–Trinajstić information content (AvgIpc) is 3.19. The first kappa shape index (κ1) is 18.8. The van der Waals surface area contributed by atoms with Gasteiger partial charge >= 0.3 is 0 Å². The molecule has 0 aliphatic rings. The molecule has 0 saturated carbocycles. The first-order valence-corrected chi connectivity index (χ1v) is 10.3. The zero-order chi connectivity index (χ0) is 19.3. The van der Waals surface area contributed by atoms with Gasteiger partial charge in [0.1, 0.15) is 0 Å². The van der Waals surface area contributed by atoms with Crippen molar-refractivity contribution >= 4 is 27.0 Å². The highest BCUT2D eigenvalue weighted by molar-refractivity contribution is 7.92. The van der Waals surface area contributed by atoms with E-state index in [9.17, 15) is 8.42 Å². The molecule has 0 amide bonds. The number of sulfonamides is 1. The second-order valence-electron chi connectivity index (χ2n) is 5.43. The summed E-state index contributed by atoms with van der Waals surface area (Å²) in [5.41, 5.74) is 1.15. The van der Waals surface area contributed by atoms with Crippen LogP contribution in [0.5, 0.6) is 11.5 Å². The van der Waals surface area contributed by atoms with Crippen molar-refractivity contribution in [2.24, 2.45) is 0 Å². The molecule has 138 valence electrons. The lowest BCUT2D eigenvalue weighted by Gasteiger charge is -2.11. The Kier molecular flexibility index (Phi) is 5.69. The largest absolute Gasteiger partial charge is 0.493 e. The zero-order valence-corrected chi connectivity index (χ0v) is 16.4. The molecule has 1 N–H and O–H groups in total. The Balaban J connectivity index is 1.85. The molecule has 1 heterocycles.